The summed E-state index contributed by atoms with van der Waals surface area (Å²) in [4.78, 5) is 25.5. The van der Waals surface area contributed by atoms with Gasteiger partial charge in [0.05, 0.1) is 20.3 Å². The first kappa shape index (κ1) is 25.3. The van der Waals surface area contributed by atoms with E-state index in [0.29, 0.717) is 28.5 Å². The fourth-order valence-corrected chi connectivity index (χ4v) is 3.81. The first-order chi connectivity index (χ1) is 18.1. The quantitative estimate of drug-likeness (QED) is 0.314. The second-order valence-electron chi connectivity index (χ2n) is 8.16. The number of carbonyl (C=O) groups is 2. The number of hydrogen-bond acceptors (Lipinski definition) is 5. The maximum Gasteiger partial charge on any atom is 0.262 e. The molecule has 37 heavy (non-hydrogen) atoms. The van der Waals surface area contributed by atoms with Crippen molar-refractivity contribution in [2.45, 2.75) is 6.04 Å². The normalized spacial score (nSPS) is 10.5. The minimum Gasteiger partial charge on any atom is -0.497 e. The van der Waals surface area contributed by atoms with Crippen molar-refractivity contribution in [3.63, 3.8) is 0 Å². The van der Waals surface area contributed by atoms with Gasteiger partial charge in [-0.1, -0.05) is 60.7 Å². The van der Waals surface area contributed by atoms with Crippen molar-refractivity contribution in [1.82, 2.24) is 5.32 Å². The van der Waals surface area contributed by atoms with Crippen LogP contribution in [0, 0.1) is 0 Å². The van der Waals surface area contributed by atoms with Gasteiger partial charge in [-0.3, -0.25) is 9.59 Å². The largest absolute Gasteiger partial charge is 0.497 e. The first-order valence-electron chi connectivity index (χ1n) is 11.7. The van der Waals surface area contributed by atoms with Crippen LogP contribution >= 0.6 is 0 Å². The summed E-state index contributed by atoms with van der Waals surface area (Å²) in [6.45, 7) is -0.224. The van der Waals surface area contributed by atoms with Gasteiger partial charge in [0, 0.05) is 11.3 Å². The van der Waals surface area contributed by atoms with Gasteiger partial charge in [0.1, 0.15) is 5.75 Å². The van der Waals surface area contributed by atoms with Crippen molar-refractivity contribution in [3.05, 3.63) is 120 Å². The number of ether oxygens (including phenoxy) is 3. The molecule has 0 saturated heterocycles. The Labute approximate surface area is 216 Å². The number of amides is 2. The van der Waals surface area contributed by atoms with E-state index in [-0.39, 0.29) is 24.5 Å². The standard InChI is InChI=1S/C30H28N2O5/c1-35-25-16-14-24(15-17-25)31-28(33)20-37-26-18-13-23(19-27(26)36-2)30(34)32-29(21-9-5-3-6-10-21)22-11-7-4-8-12-22/h3-19,29H,20H2,1-2H3,(H,31,33)(H,32,34). The van der Waals surface area contributed by atoms with Crippen molar-refractivity contribution in [3.8, 4) is 17.2 Å². The van der Waals surface area contributed by atoms with Crippen LogP contribution in [0.25, 0.3) is 0 Å². The molecule has 0 aliphatic heterocycles. The molecule has 0 atom stereocenters. The third kappa shape index (κ3) is 6.67. The summed E-state index contributed by atoms with van der Waals surface area (Å²) in [5.74, 6) is 0.803. The lowest BCUT2D eigenvalue weighted by molar-refractivity contribution is -0.118. The third-order valence-corrected chi connectivity index (χ3v) is 5.70. The molecule has 0 saturated carbocycles. The average Bonchev–Trinajstić information content (AvgIpc) is 2.96. The smallest absolute Gasteiger partial charge is 0.262 e. The van der Waals surface area contributed by atoms with Crippen molar-refractivity contribution in [2.24, 2.45) is 0 Å². The lowest BCUT2D eigenvalue weighted by atomic mass is 9.98. The number of benzene rings is 4. The fourth-order valence-electron chi connectivity index (χ4n) is 3.81. The SMILES string of the molecule is COc1ccc(NC(=O)COc2ccc(C(=O)NC(c3ccccc3)c3ccccc3)cc2OC)cc1. The molecule has 2 amide bonds. The zero-order chi connectivity index (χ0) is 26.0. The van der Waals surface area contributed by atoms with Crippen LogP contribution in [-0.4, -0.2) is 32.6 Å². The molecule has 0 aliphatic rings. The Bertz CT molecular complexity index is 1290. The van der Waals surface area contributed by atoms with E-state index in [9.17, 15) is 9.59 Å². The second-order valence-corrected chi connectivity index (χ2v) is 8.16. The Morgan fingerprint density at radius 1 is 0.730 bits per heavy atom. The minimum absolute atomic E-state index is 0.224. The Morgan fingerprint density at radius 2 is 1.35 bits per heavy atom. The van der Waals surface area contributed by atoms with Gasteiger partial charge >= 0.3 is 0 Å². The van der Waals surface area contributed by atoms with Crippen LogP contribution in [0.5, 0.6) is 17.2 Å². The molecule has 0 aromatic heterocycles. The Kier molecular flexibility index (Phi) is 8.39. The number of hydrogen-bond donors (Lipinski definition) is 2. The predicted octanol–water partition coefficient (Wildman–Crippen LogP) is 5.24. The highest BCUT2D eigenvalue weighted by Crippen LogP contribution is 2.29. The number of rotatable bonds is 10. The van der Waals surface area contributed by atoms with Crippen molar-refractivity contribution < 1.29 is 23.8 Å². The molecular weight excluding hydrogens is 468 g/mol. The molecule has 0 unspecified atom stereocenters. The highest BCUT2D eigenvalue weighted by atomic mass is 16.5. The van der Waals surface area contributed by atoms with E-state index in [1.54, 1.807) is 49.6 Å². The lowest BCUT2D eigenvalue weighted by Crippen LogP contribution is -2.29. The van der Waals surface area contributed by atoms with E-state index in [0.717, 1.165) is 11.1 Å². The molecule has 0 bridgehead atoms. The number of carbonyl (C=O) groups excluding carboxylic acids is 2. The minimum atomic E-state index is -0.331. The molecule has 0 heterocycles. The van der Waals surface area contributed by atoms with Gasteiger partial charge in [-0.15, -0.1) is 0 Å². The van der Waals surface area contributed by atoms with Crippen LogP contribution in [0.4, 0.5) is 5.69 Å². The van der Waals surface area contributed by atoms with Crippen LogP contribution in [0.1, 0.15) is 27.5 Å². The highest BCUT2D eigenvalue weighted by molar-refractivity contribution is 5.95. The van der Waals surface area contributed by atoms with Crippen LogP contribution in [0.3, 0.4) is 0 Å². The van der Waals surface area contributed by atoms with Crippen LogP contribution in [0.15, 0.2) is 103 Å². The predicted molar refractivity (Wildman–Crippen MR) is 142 cm³/mol. The van der Waals surface area contributed by atoms with Gasteiger partial charge in [-0.05, 0) is 53.6 Å². The zero-order valence-corrected chi connectivity index (χ0v) is 20.6. The van der Waals surface area contributed by atoms with Gasteiger partial charge in [0.15, 0.2) is 18.1 Å². The van der Waals surface area contributed by atoms with Gasteiger partial charge in [0.2, 0.25) is 0 Å². The molecule has 2 N–H and O–H groups in total. The van der Waals surface area contributed by atoms with Crippen LogP contribution in [0.2, 0.25) is 0 Å². The van der Waals surface area contributed by atoms with E-state index in [2.05, 4.69) is 10.6 Å². The Morgan fingerprint density at radius 3 is 1.92 bits per heavy atom. The van der Waals surface area contributed by atoms with Gasteiger partial charge < -0.3 is 24.8 Å². The molecule has 0 radical (unpaired) electrons. The molecule has 0 spiro atoms. The van der Waals surface area contributed by atoms with Crippen molar-refractivity contribution in [2.75, 3.05) is 26.1 Å². The molecular formula is C30H28N2O5. The topological polar surface area (TPSA) is 85.9 Å². The number of anilines is 1. The van der Waals surface area contributed by atoms with Crippen LogP contribution < -0.4 is 24.8 Å². The molecule has 4 aromatic rings. The van der Waals surface area contributed by atoms with E-state index in [1.165, 1.54) is 7.11 Å². The Hall–Kier alpha value is -4.78. The average molecular weight is 497 g/mol. The van der Waals surface area contributed by atoms with Crippen LogP contribution in [-0.2, 0) is 4.79 Å². The van der Waals surface area contributed by atoms with E-state index < -0.39 is 0 Å². The molecule has 7 heteroatoms. The summed E-state index contributed by atoms with van der Waals surface area (Å²) in [6, 6.07) is 31.1. The third-order valence-electron chi connectivity index (χ3n) is 5.70. The summed E-state index contributed by atoms with van der Waals surface area (Å²) >= 11 is 0. The number of methoxy groups -OCH3 is 2. The van der Waals surface area contributed by atoms with Crippen molar-refractivity contribution >= 4 is 17.5 Å². The first-order valence-corrected chi connectivity index (χ1v) is 11.7. The Balaban J connectivity index is 1.43. The molecule has 0 fully saturated rings. The summed E-state index contributed by atoms with van der Waals surface area (Å²) in [6.07, 6.45) is 0. The molecule has 188 valence electrons. The lowest BCUT2D eigenvalue weighted by Gasteiger charge is -2.20. The summed E-state index contributed by atoms with van der Waals surface area (Å²) in [5, 5.41) is 5.87. The zero-order valence-electron chi connectivity index (χ0n) is 20.6. The van der Waals surface area contributed by atoms with Crippen molar-refractivity contribution in [1.29, 1.82) is 0 Å². The monoisotopic (exact) mass is 496 g/mol. The molecule has 0 aliphatic carbocycles. The summed E-state index contributed by atoms with van der Waals surface area (Å²) in [7, 11) is 3.06. The van der Waals surface area contributed by atoms with Gasteiger partial charge in [-0.25, -0.2) is 0 Å². The fraction of sp³-hybridized carbons (Fsp3) is 0.133. The summed E-state index contributed by atoms with van der Waals surface area (Å²) < 4.78 is 16.2. The van der Waals surface area contributed by atoms with Gasteiger partial charge in [-0.2, -0.15) is 0 Å². The highest BCUT2D eigenvalue weighted by Gasteiger charge is 2.19. The van der Waals surface area contributed by atoms with E-state index in [4.69, 9.17) is 14.2 Å². The molecule has 4 rings (SSSR count). The molecule has 4 aromatic carbocycles. The maximum absolute atomic E-state index is 13.2. The van der Waals surface area contributed by atoms with E-state index >= 15 is 0 Å². The van der Waals surface area contributed by atoms with E-state index in [1.807, 2.05) is 60.7 Å². The molecule has 7 nitrogen and oxygen atoms in total. The number of nitrogens with one attached hydrogen (secondary N) is 2. The van der Waals surface area contributed by atoms with Gasteiger partial charge in [0.25, 0.3) is 11.8 Å². The second kappa shape index (κ2) is 12.3. The summed E-state index contributed by atoms with van der Waals surface area (Å²) in [5.41, 5.74) is 2.97. The maximum atomic E-state index is 13.2.